The van der Waals surface area contributed by atoms with Crippen molar-refractivity contribution >= 4 is 39.4 Å². The fraction of sp³-hybridized carbons (Fsp3) is 0.417. The molecule has 1 aromatic carbocycles. The molecule has 0 saturated heterocycles. The van der Waals surface area contributed by atoms with E-state index in [2.05, 4.69) is 4.72 Å². The number of carboxylic acid groups (broad SMARTS) is 1. The molecule has 0 bridgehead atoms. The minimum Gasteiger partial charge on any atom is -0.478 e. The Labute approximate surface area is 127 Å². The summed E-state index contributed by atoms with van der Waals surface area (Å²) < 4.78 is 26.8. The first-order valence-electron chi connectivity index (χ1n) is 5.91. The van der Waals surface area contributed by atoms with E-state index in [9.17, 15) is 13.2 Å². The zero-order valence-electron chi connectivity index (χ0n) is 11.1. The minimum absolute atomic E-state index is 0.00559. The number of thioether (sulfide) groups is 1. The summed E-state index contributed by atoms with van der Waals surface area (Å²) >= 11 is 7.34. The lowest BCUT2D eigenvalue weighted by molar-refractivity contribution is 0.0697. The van der Waals surface area contributed by atoms with Crippen molar-refractivity contribution in [3.8, 4) is 0 Å². The Bertz CT molecular complexity index is 589. The monoisotopic (exact) mass is 337 g/mol. The molecule has 8 heteroatoms. The fourth-order valence-corrected chi connectivity index (χ4v) is 3.74. The molecule has 5 nitrogen and oxygen atoms in total. The van der Waals surface area contributed by atoms with Crippen molar-refractivity contribution in [3.63, 3.8) is 0 Å². The quantitative estimate of drug-likeness (QED) is 0.798. The van der Waals surface area contributed by atoms with Crippen molar-refractivity contribution in [1.82, 2.24) is 4.72 Å². The predicted octanol–water partition coefficient (Wildman–Crippen LogP) is 2.46. The molecule has 2 N–H and O–H groups in total. The summed E-state index contributed by atoms with van der Waals surface area (Å²) in [5.74, 6) is 0.285. The predicted molar refractivity (Wildman–Crippen MR) is 81.2 cm³/mol. The number of rotatable bonds is 7. The molecule has 0 fully saturated rings. The lowest BCUT2D eigenvalue weighted by Gasteiger charge is -2.14. The summed E-state index contributed by atoms with van der Waals surface area (Å²) in [4.78, 5) is 10.9. The minimum atomic E-state index is -3.75. The van der Waals surface area contributed by atoms with Crippen LogP contribution >= 0.6 is 23.4 Å². The van der Waals surface area contributed by atoms with E-state index in [-0.39, 0.29) is 21.5 Å². The highest BCUT2D eigenvalue weighted by Gasteiger charge is 2.20. The summed E-state index contributed by atoms with van der Waals surface area (Å²) in [6, 6.07) is 3.38. The van der Waals surface area contributed by atoms with Crippen LogP contribution in [0, 0.1) is 0 Å². The van der Waals surface area contributed by atoms with E-state index >= 15 is 0 Å². The number of hydrogen-bond acceptors (Lipinski definition) is 4. The first-order chi connectivity index (χ1) is 9.27. The number of halogens is 1. The molecular weight excluding hydrogens is 322 g/mol. The van der Waals surface area contributed by atoms with Crippen LogP contribution in [0.4, 0.5) is 0 Å². The van der Waals surface area contributed by atoms with Crippen LogP contribution in [0.3, 0.4) is 0 Å². The summed E-state index contributed by atoms with van der Waals surface area (Å²) in [5.41, 5.74) is -0.231. The van der Waals surface area contributed by atoms with Gasteiger partial charge in [-0.1, -0.05) is 18.5 Å². The van der Waals surface area contributed by atoms with Crippen molar-refractivity contribution < 1.29 is 18.3 Å². The van der Waals surface area contributed by atoms with Crippen molar-refractivity contribution in [1.29, 1.82) is 0 Å². The molecule has 1 atom stereocenters. The molecule has 20 heavy (non-hydrogen) atoms. The van der Waals surface area contributed by atoms with Gasteiger partial charge >= 0.3 is 5.97 Å². The molecule has 0 aliphatic carbocycles. The van der Waals surface area contributed by atoms with E-state index in [4.69, 9.17) is 16.7 Å². The third-order valence-corrected chi connectivity index (χ3v) is 5.47. The number of carboxylic acids is 1. The second kappa shape index (κ2) is 7.31. The molecule has 0 saturated carbocycles. The SMILES string of the molecule is CCSCC(C)NS(=O)(=O)c1ccc(Cl)c(C(=O)O)c1. The smallest absolute Gasteiger partial charge is 0.337 e. The fourth-order valence-electron chi connectivity index (χ4n) is 1.50. The van der Waals surface area contributed by atoms with Gasteiger partial charge in [0.1, 0.15) is 0 Å². The first kappa shape index (κ1) is 17.3. The maximum atomic E-state index is 12.1. The zero-order chi connectivity index (χ0) is 15.3. The summed E-state index contributed by atoms with van der Waals surface area (Å²) in [5, 5.41) is 8.96. The van der Waals surface area contributed by atoms with Gasteiger partial charge in [-0.25, -0.2) is 17.9 Å². The van der Waals surface area contributed by atoms with Crippen LogP contribution in [0.25, 0.3) is 0 Å². The molecule has 0 amide bonds. The molecule has 0 aromatic heterocycles. The van der Waals surface area contributed by atoms with Crippen LogP contribution in [-0.4, -0.2) is 37.0 Å². The maximum absolute atomic E-state index is 12.1. The highest BCUT2D eigenvalue weighted by Crippen LogP contribution is 2.20. The van der Waals surface area contributed by atoms with Crippen molar-refractivity contribution in [3.05, 3.63) is 28.8 Å². The van der Waals surface area contributed by atoms with Crippen LogP contribution in [0.5, 0.6) is 0 Å². The Morgan fingerprint density at radius 3 is 2.70 bits per heavy atom. The van der Waals surface area contributed by atoms with E-state index in [0.717, 1.165) is 11.8 Å². The van der Waals surface area contributed by atoms with Gasteiger partial charge in [0.05, 0.1) is 15.5 Å². The third-order valence-electron chi connectivity index (χ3n) is 2.41. The normalized spacial score (nSPS) is 13.2. The zero-order valence-corrected chi connectivity index (χ0v) is 13.5. The Morgan fingerprint density at radius 1 is 1.50 bits per heavy atom. The molecule has 0 aliphatic heterocycles. The van der Waals surface area contributed by atoms with Gasteiger partial charge in [0.15, 0.2) is 0 Å². The Hall–Kier alpha value is -0.760. The summed E-state index contributed by atoms with van der Waals surface area (Å²) in [6.45, 7) is 3.75. The van der Waals surface area contributed by atoms with E-state index in [1.165, 1.54) is 12.1 Å². The highest BCUT2D eigenvalue weighted by molar-refractivity contribution is 7.99. The average Bonchev–Trinajstić information content (AvgIpc) is 2.35. The summed E-state index contributed by atoms with van der Waals surface area (Å²) in [7, 11) is -3.75. The molecule has 1 aromatic rings. The number of nitrogens with one attached hydrogen (secondary N) is 1. The van der Waals surface area contributed by atoms with Crippen LogP contribution in [-0.2, 0) is 10.0 Å². The number of hydrogen-bond donors (Lipinski definition) is 2. The molecule has 0 aliphatic rings. The number of benzene rings is 1. The molecule has 1 rings (SSSR count). The third kappa shape index (κ3) is 4.66. The van der Waals surface area contributed by atoms with Gasteiger partial charge in [0.25, 0.3) is 0 Å². The standard InChI is InChI=1S/C12H16ClNO4S2/c1-3-19-7-8(2)14-20(17,18)9-4-5-11(13)10(6-9)12(15)16/h4-6,8,14H,3,7H2,1-2H3,(H,15,16). The number of aromatic carboxylic acids is 1. The van der Waals surface area contributed by atoms with Crippen LogP contribution < -0.4 is 4.72 Å². The second-order valence-electron chi connectivity index (χ2n) is 4.13. The van der Waals surface area contributed by atoms with Crippen LogP contribution in [0.2, 0.25) is 5.02 Å². The van der Waals surface area contributed by atoms with E-state index in [1.54, 1.807) is 18.7 Å². The molecule has 0 radical (unpaired) electrons. The molecular formula is C12H16ClNO4S2. The maximum Gasteiger partial charge on any atom is 0.337 e. The Balaban J connectivity index is 2.98. The average molecular weight is 338 g/mol. The van der Waals surface area contributed by atoms with E-state index in [1.807, 2.05) is 6.92 Å². The van der Waals surface area contributed by atoms with Gasteiger partial charge in [-0.05, 0) is 30.9 Å². The van der Waals surface area contributed by atoms with E-state index in [0.29, 0.717) is 5.75 Å². The topological polar surface area (TPSA) is 83.5 Å². The lowest BCUT2D eigenvalue weighted by atomic mass is 10.2. The first-order valence-corrected chi connectivity index (χ1v) is 8.92. The summed E-state index contributed by atoms with van der Waals surface area (Å²) in [6.07, 6.45) is 0. The lowest BCUT2D eigenvalue weighted by Crippen LogP contribution is -2.34. The van der Waals surface area contributed by atoms with Gasteiger partial charge in [-0.2, -0.15) is 11.8 Å². The second-order valence-corrected chi connectivity index (χ2v) is 7.57. The van der Waals surface area contributed by atoms with Crippen molar-refractivity contribution in [2.45, 2.75) is 24.8 Å². The Morgan fingerprint density at radius 2 is 2.15 bits per heavy atom. The van der Waals surface area contributed by atoms with Crippen molar-refractivity contribution in [2.75, 3.05) is 11.5 Å². The number of sulfonamides is 1. The van der Waals surface area contributed by atoms with Crippen LogP contribution in [0.1, 0.15) is 24.2 Å². The highest BCUT2D eigenvalue weighted by atomic mass is 35.5. The van der Waals surface area contributed by atoms with Crippen molar-refractivity contribution in [2.24, 2.45) is 0 Å². The van der Waals surface area contributed by atoms with Gasteiger partial charge in [0, 0.05) is 11.8 Å². The molecule has 112 valence electrons. The van der Waals surface area contributed by atoms with Gasteiger partial charge in [-0.3, -0.25) is 0 Å². The molecule has 1 unspecified atom stereocenters. The Kier molecular flexibility index (Phi) is 6.32. The van der Waals surface area contributed by atoms with Gasteiger partial charge < -0.3 is 5.11 Å². The van der Waals surface area contributed by atoms with Gasteiger partial charge in [-0.15, -0.1) is 0 Å². The number of carbonyl (C=O) groups is 1. The van der Waals surface area contributed by atoms with Gasteiger partial charge in [0.2, 0.25) is 10.0 Å². The van der Waals surface area contributed by atoms with Crippen LogP contribution in [0.15, 0.2) is 23.1 Å². The largest absolute Gasteiger partial charge is 0.478 e. The molecule has 0 heterocycles. The van der Waals surface area contributed by atoms with E-state index < -0.39 is 16.0 Å². The molecule has 0 spiro atoms.